The van der Waals surface area contributed by atoms with E-state index in [-0.39, 0.29) is 16.4 Å². The average molecular weight is 226 g/mol. The molecule has 0 radical (unpaired) electrons. The lowest BCUT2D eigenvalue weighted by Crippen LogP contribution is -1.93. The molecule has 1 aromatic carbocycles. The summed E-state index contributed by atoms with van der Waals surface area (Å²) in [6.45, 7) is 0. The first-order chi connectivity index (χ1) is 7.06. The van der Waals surface area contributed by atoms with Crippen LogP contribution in [0.3, 0.4) is 0 Å². The molecule has 0 aliphatic carbocycles. The second-order valence-electron chi connectivity index (χ2n) is 2.73. The van der Waals surface area contributed by atoms with Crippen LogP contribution < -0.4 is 4.74 Å². The molecule has 80 valence electrons. The molecule has 0 aliphatic rings. The number of carboxylic acid groups (broad SMARTS) is 1. The lowest BCUT2D eigenvalue weighted by Gasteiger charge is -2.05. The van der Waals surface area contributed by atoms with E-state index in [1.165, 1.54) is 13.2 Å². The Balaban J connectivity index is 3.16. The van der Waals surface area contributed by atoms with E-state index in [0.29, 0.717) is 5.56 Å². The average Bonchev–Trinajstić information content (AvgIpc) is 2.21. The third-order valence-electron chi connectivity index (χ3n) is 1.76. The summed E-state index contributed by atoms with van der Waals surface area (Å²) in [5.41, 5.74) is 0.349. The summed E-state index contributed by atoms with van der Waals surface area (Å²) in [5, 5.41) is 18.2. The second-order valence-corrected chi connectivity index (χ2v) is 3.21. The van der Waals surface area contributed by atoms with Gasteiger partial charge < -0.3 is 14.9 Å². The van der Waals surface area contributed by atoms with Crippen molar-refractivity contribution in [1.82, 2.24) is 0 Å². The summed E-state index contributed by atoms with van der Waals surface area (Å²) in [6.07, 6.45) is 1.25. The maximum atomic E-state index is 10.5. The first-order valence-electron chi connectivity index (χ1n) is 4.06. The lowest BCUT2D eigenvalue weighted by atomic mass is 10.1. The van der Waals surface area contributed by atoms with Crippen LogP contribution in [-0.2, 0) is 4.79 Å². The number of carboxylic acids is 1. The Hall–Kier alpha value is -1.62. The van der Waals surface area contributed by atoms with Crippen molar-refractivity contribution in [2.75, 3.05) is 7.11 Å². The van der Waals surface area contributed by atoms with Crippen molar-refractivity contribution < 1.29 is 19.7 Å². The molecule has 2 N–H and O–H groups in total. The quantitative estimate of drug-likeness (QED) is 0.542. The number of hydrogen-bond acceptors (Lipinski definition) is 4. The number of aliphatic carboxylic acids is 1. The molecular formula is C10H10O4S. The highest BCUT2D eigenvalue weighted by Gasteiger charge is 2.07. The fourth-order valence-corrected chi connectivity index (χ4v) is 1.17. The van der Waals surface area contributed by atoms with Gasteiger partial charge in [-0.15, -0.1) is 12.6 Å². The van der Waals surface area contributed by atoms with Crippen LogP contribution in [0.4, 0.5) is 0 Å². The summed E-state index contributed by atoms with van der Waals surface area (Å²) >= 11 is 3.76. The number of hydrogen-bond donors (Lipinski definition) is 3. The zero-order valence-corrected chi connectivity index (χ0v) is 8.86. The molecule has 0 aliphatic heterocycles. The van der Waals surface area contributed by atoms with Crippen molar-refractivity contribution in [2.45, 2.75) is 0 Å². The molecule has 0 unspecified atom stereocenters. The van der Waals surface area contributed by atoms with Gasteiger partial charge in [-0.05, 0) is 12.1 Å². The zero-order chi connectivity index (χ0) is 11.4. The second kappa shape index (κ2) is 4.75. The van der Waals surface area contributed by atoms with Crippen LogP contribution in [0.25, 0.3) is 6.08 Å². The zero-order valence-electron chi connectivity index (χ0n) is 7.97. The maximum Gasteiger partial charge on any atom is 0.341 e. The molecule has 0 amide bonds. The highest BCUT2D eigenvalue weighted by atomic mass is 32.1. The van der Waals surface area contributed by atoms with Crippen molar-refractivity contribution in [1.29, 1.82) is 0 Å². The van der Waals surface area contributed by atoms with E-state index >= 15 is 0 Å². The van der Waals surface area contributed by atoms with E-state index in [1.54, 1.807) is 18.2 Å². The molecule has 4 nitrogen and oxygen atoms in total. The molecule has 0 atom stereocenters. The number of benzene rings is 1. The minimum Gasteiger partial charge on any atom is -0.504 e. The van der Waals surface area contributed by atoms with E-state index in [2.05, 4.69) is 12.6 Å². The van der Waals surface area contributed by atoms with Gasteiger partial charge in [-0.25, -0.2) is 4.79 Å². The first kappa shape index (κ1) is 11.5. The molecule has 15 heavy (non-hydrogen) atoms. The molecule has 1 rings (SSSR count). The Morgan fingerprint density at radius 3 is 2.73 bits per heavy atom. The summed E-state index contributed by atoms with van der Waals surface area (Å²) < 4.78 is 4.88. The van der Waals surface area contributed by atoms with Gasteiger partial charge in [0.15, 0.2) is 11.5 Å². The lowest BCUT2D eigenvalue weighted by molar-refractivity contribution is -0.131. The number of para-hydroxylation sites is 1. The molecule has 0 spiro atoms. The van der Waals surface area contributed by atoms with Crippen LogP contribution in [0.1, 0.15) is 5.56 Å². The van der Waals surface area contributed by atoms with Crippen molar-refractivity contribution in [2.24, 2.45) is 0 Å². The van der Waals surface area contributed by atoms with E-state index in [4.69, 9.17) is 9.84 Å². The number of methoxy groups -OCH3 is 1. The van der Waals surface area contributed by atoms with Crippen LogP contribution in [0.15, 0.2) is 23.1 Å². The fourth-order valence-electron chi connectivity index (χ4n) is 1.03. The van der Waals surface area contributed by atoms with Gasteiger partial charge in [0.05, 0.1) is 12.0 Å². The molecule has 0 saturated carbocycles. The van der Waals surface area contributed by atoms with Crippen LogP contribution in [-0.4, -0.2) is 23.3 Å². The molecule has 0 fully saturated rings. The van der Waals surface area contributed by atoms with Gasteiger partial charge in [-0.1, -0.05) is 12.1 Å². The number of rotatable bonds is 3. The third-order valence-corrected chi connectivity index (χ3v) is 2.08. The topological polar surface area (TPSA) is 66.8 Å². The molecule has 0 saturated heterocycles. The summed E-state index contributed by atoms with van der Waals surface area (Å²) in [7, 11) is 1.42. The Labute approximate surface area is 92.2 Å². The van der Waals surface area contributed by atoms with Crippen LogP contribution in [0.2, 0.25) is 0 Å². The minimum atomic E-state index is -1.15. The van der Waals surface area contributed by atoms with Gasteiger partial charge in [0.1, 0.15) is 0 Å². The van der Waals surface area contributed by atoms with Gasteiger partial charge in [0.25, 0.3) is 0 Å². The van der Waals surface area contributed by atoms with Crippen LogP contribution in [0, 0.1) is 0 Å². The Kier molecular flexibility index (Phi) is 3.62. The van der Waals surface area contributed by atoms with Gasteiger partial charge in [-0.2, -0.15) is 0 Å². The summed E-state index contributed by atoms with van der Waals surface area (Å²) in [4.78, 5) is 10.4. The summed E-state index contributed by atoms with van der Waals surface area (Å²) in [6, 6.07) is 4.79. The first-order valence-corrected chi connectivity index (χ1v) is 4.51. The van der Waals surface area contributed by atoms with E-state index in [9.17, 15) is 9.90 Å². The van der Waals surface area contributed by atoms with Gasteiger partial charge in [-0.3, -0.25) is 0 Å². The SMILES string of the molecule is COc1cccc(/C=C(\S)C(=O)O)c1O. The predicted octanol–water partition coefficient (Wildman–Crippen LogP) is 1.76. The number of ether oxygens (including phenoxy) is 1. The highest BCUT2D eigenvalue weighted by molar-refractivity contribution is 7.85. The Morgan fingerprint density at radius 2 is 2.20 bits per heavy atom. The molecule has 5 heteroatoms. The Morgan fingerprint density at radius 1 is 1.53 bits per heavy atom. The minimum absolute atomic E-state index is 0.104. The van der Waals surface area contributed by atoms with E-state index in [1.807, 2.05) is 0 Å². The molecular weight excluding hydrogens is 216 g/mol. The van der Waals surface area contributed by atoms with E-state index < -0.39 is 5.97 Å². The summed E-state index contributed by atoms with van der Waals surface area (Å²) in [5.74, 6) is -0.969. The standard InChI is InChI=1S/C10H10O4S/c1-14-7-4-2-3-6(9(7)11)5-8(15)10(12)13/h2-5,11,15H,1H3,(H,12,13)/b8-5-. The van der Waals surface area contributed by atoms with Crippen LogP contribution in [0.5, 0.6) is 11.5 Å². The van der Waals surface area contributed by atoms with Gasteiger partial charge in [0.2, 0.25) is 0 Å². The van der Waals surface area contributed by atoms with Crippen molar-refractivity contribution in [3.8, 4) is 11.5 Å². The molecule has 0 bridgehead atoms. The Bertz CT molecular complexity index is 412. The largest absolute Gasteiger partial charge is 0.504 e. The smallest absolute Gasteiger partial charge is 0.341 e. The predicted molar refractivity (Wildman–Crippen MR) is 59.3 cm³/mol. The van der Waals surface area contributed by atoms with Gasteiger partial charge in [0, 0.05) is 5.56 Å². The number of thiol groups is 1. The molecule has 0 aromatic heterocycles. The monoisotopic (exact) mass is 226 g/mol. The van der Waals surface area contributed by atoms with Gasteiger partial charge >= 0.3 is 5.97 Å². The van der Waals surface area contributed by atoms with Crippen molar-refractivity contribution >= 4 is 24.7 Å². The number of phenolic OH excluding ortho intramolecular Hbond substituents is 1. The molecule has 0 heterocycles. The maximum absolute atomic E-state index is 10.5. The van der Waals surface area contributed by atoms with Crippen LogP contribution >= 0.6 is 12.6 Å². The number of aromatic hydroxyl groups is 1. The highest BCUT2D eigenvalue weighted by Crippen LogP contribution is 2.31. The molecule has 1 aromatic rings. The van der Waals surface area contributed by atoms with Crippen molar-refractivity contribution in [3.05, 3.63) is 28.7 Å². The van der Waals surface area contributed by atoms with Crippen molar-refractivity contribution in [3.63, 3.8) is 0 Å². The number of phenols is 1. The van der Waals surface area contributed by atoms with E-state index in [0.717, 1.165) is 0 Å². The fraction of sp³-hybridized carbons (Fsp3) is 0.100. The number of carbonyl (C=O) groups is 1. The normalized spacial score (nSPS) is 11.2. The third kappa shape index (κ3) is 2.66.